The highest BCUT2D eigenvalue weighted by molar-refractivity contribution is 5.94. The van der Waals surface area contributed by atoms with Gasteiger partial charge in [-0.1, -0.05) is 12.1 Å². The van der Waals surface area contributed by atoms with Crippen molar-refractivity contribution in [3.63, 3.8) is 0 Å². The minimum absolute atomic E-state index is 0.114. The number of fused-ring (bicyclic) bond motifs is 1. The van der Waals surface area contributed by atoms with E-state index in [1.807, 2.05) is 18.2 Å². The highest BCUT2D eigenvalue weighted by Crippen LogP contribution is 2.31. The van der Waals surface area contributed by atoms with Crippen LogP contribution in [-0.4, -0.2) is 36.6 Å². The topological polar surface area (TPSA) is 49.9 Å². The maximum Gasteiger partial charge on any atom is 0.414 e. The van der Waals surface area contributed by atoms with Crippen molar-refractivity contribution in [2.24, 2.45) is 0 Å². The molecular formula is C19H17FN2O3. The Balaban J connectivity index is 1.58. The van der Waals surface area contributed by atoms with Crippen molar-refractivity contribution in [1.82, 2.24) is 4.90 Å². The van der Waals surface area contributed by atoms with Crippen molar-refractivity contribution in [1.29, 1.82) is 0 Å². The molecule has 0 saturated carbocycles. The number of carbonyl (C=O) groups excluding carboxylic acids is 2. The molecule has 4 rings (SSSR count). The molecule has 0 N–H and O–H groups in total. The molecule has 2 heterocycles. The van der Waals surface area contributed by atoms with E-state index in [0.29, 0.717) is 38.2 Å². The summed E-state index contributed by atoms with van der Waals surface area (Å²) < 4.78 is 18.1. The third kappa shape index (κ3) is 2.84. The van der Waals surface area contributed by atoms with Gasteiger partial charge in [0.25, 0.3) is 5.91 Å². The molecule has 2 aliphatic rings. The molecule has 6 heteroatoms. The standard InChI is InChI=1S/C19H17FN2O3/c20-15-6-4-13(5-7-15)18(23)21-9-8-16-14(12-21)2-1-3-17(16)22-10-11-25-19(22)24/h1-7H,8-12H2. The van der Waals surface area contributed by atoms with Crippen molar-refractivity contribution in [2.45, 2.75) is 13.0 Å². The second-order valence-electron chi connectivity index (χ2n) is 6.16. The van der Waals surface area contributed by atoms with Gasteiger partial charge < -0.3 is 9.64 Å². The number of ether oxygens (including phenoxy) is 1. The maximum atomic E-state index is 13.0. The fourth-order valence-corrected chi connectivity index (χ4v) is 3.40. The lowest BCUT2D eigenvalue weighted by Crippen LogP contribution is -2.37. The van der Waals surface area contributed by atoms with Gasteiger partial charge in [0, 0.05) is 18.7 Å². The maximum absolute atomic E-state index is 13.0. The highest BCUT2D eigenvalue weighted by Gasteiger charge is 2.29. The van der Waals surface area contributed by atoms with E-state index >= 15 is 0 Å². The zero-order valence-electron chi connectivity index (χ0n) is 13.6. The molecule has 0 unspecified atom stereocenters. The monoisotopic (exact) mass is 340 g/mol. The number of cyclic esters (lactones) is 1. The lowest BCUT2D eigenvalue weighted by Gasteiger charge is -2.31. The van der Waals surface area contributed by atoms with Crippen LogP contribution in [0.4, 0.5) is 14.9 Å². The minimum Gasteiger partial charge on any atom is -0.447 e. The normalized spacial score (nSPS) is 16.6. The first-order chi connectivity index (χ1) is 12.1. The summed E-state index contributed by atoms with van der Waals surface area (Å²) in [7, 11) is 0. The summed E-state index contributed by atoms with van der Waals surface area (Å²) in [4.78, 5) is 27.9. The summed E-state index contributed by atoms with van der Waals surface area (Å²) in [6.45, 7) is 1.98. The molecule has 0 atom stereocenters. The summed E-state index contributed by atoms with van der Waals surface area (Å²) >= 11 is 0. The van der Waals surface area contributed by atoms with E-state index in [1.165, 1.54) is 24.3 Å². The molecule has 2 aromatic rings. The lowest BCUT2D eigenvalue weighted by molar-refractivity contribution is 0.0734. The van der Waals surface area contributed by atoms with Crippen LogP contribution in [0.3, 0.4) is 0 Å². The molecule has 1 fully saturated rings. The Hall–Kier alpha value is -2.89. The molecule has 0 aromatic heterocycles. The van der Waals surface area contributed by atoms with Crippen LogP contribution in [0.15, 0.2) is 42.5 Å². The number of hydrogen-bond acceptors (Lipinski definition) is 3. The van der Waals surface area contributed by atoms with Crippen LogP contribution in [0.2, 0.25) is 0 Å². The molecule has 25 heavy (non-hydrogen) atoms. The zero-order chi connectivity index (χ0) is 17.4. The van der Waals surface area contributed by atoms with E-state index in [9.17, 15) is 14.0 Å². The van der Waals surface area contributed by atoms with Gasteiger partial charge in [0.05, 0.1) is 12.2 Å². The van der Waals surface area contributed by atoms with Crippen molar-refractivity contribution in [3.05, 3.63) is 65.0 Å². The van der Waals surface area contributed by atoms with Gasteiger partial charge in [-0.05, 0) is 47.9 Å². The number of halogens is 1. The largest absolute Gasteiger partial charge is 0.447 e. The number of carbonyl (C=O) groups is 2. The Morgan fingerprint density at radius 3 is 2.60 bits per heavy atom. The first-order valence-electron chi connectivity index (χ1n) is 8.23. The van der Waals surface area contributed by atoms with Crippen LogP contribution in [0.5, 0.6) is 0 Å². The van der Waals surface area contributed by atoms with Gasteiger partial charge in [0.1, 0.15) is 12.4 Å². The average molecular weight is 340 g/mol. The van der Waals surface area contributed by atoms with E-state index < -0.39 is 0 Å². The fraction of sp³-hybridized carbons (Fsp3) is 0.263. The molecule has 2 aliphatic heterocycles. The second kappa shape index (κ2) is 6.20. The second-order valence-corrected chi connectivity index (χ2v) is 6.16. The van der Waals surface area contributed by atoms with Gasteiger partial charge in [-0.3, -0.25) is 9.69 Å². The van der Waals surface area contributed by atoms with Gasteiger partial charge in [0.15, 0.2) is 0 Å². The third-order valence-corrected chi connectivity index (χ3v) is 4.67. The van der Waals surface area contributed by atoms with Crippen LogP contribution < -0.4 is 4.90 Å². The number of anilines is 1. The highest BCUT2D eigenvalue weighted by atomic mass is 19.1. The van der Waals surface area contributed by atoms with Crippen LogP contribution in [0, 0.1) is 5.82 Å². The number of nitrogens with zero attached hydrogens (tertiary/aromatic N) is 2. The van der Waals surface area contributed by atoms with Crippen LogP contribution in [0.25, 0.3) is 0 Å². The molecule has 0 aliphatic carbocycles. The Kier molecular flexibility index (Phi) is 3.87. The molecule has 128 valence electrons. The van der Waals surface area contributed by atoms with Gasteiger partial charge >= 0.3 is 6.09 Å². The van der Waals surface area contributed by atoms with E-state index in [4.69, 9.17) is 4.74 Å². The first kappa shape index (κ1) is 15.6. The van der Waals surface area contributed by atoms with Gasteiger partial charge in [-0.15, -0.1) is 0 Å². The van der Waals surface area contributed by atoms with Gasteiger partial charge in [0.2, 0.25) is 0 Å². The van der Waals surface area contributed by atoms with E-state index in [1.54, 1.807) is 9.80 Å². The SMILES string of the molecule is O=C(c1ccc(F)cc1)N1CCc2c(cccc2N2CCOC2=O)C1. The molecule has 1 saturated heterocycles. The minimum atomic E-state index is -0.359. The summed E-state index contributed by atoms with van der Waals surface area (Å²) in [6, 6.07) is 11.4. The quantitative estimate of drug-likeness (QED) is 0.844. The Bertz CT molecular complexity index is 835. The average Bonchev–Trinajstić information content (AvgIpc) is 3.06. The molecular weight excluding hydrogens is 323 g/mol. The number of benzene rings is 2. The van der Waals surface area contributed by atoms with Crippen molar-refractivity contribution in [3.8, 4) is 0 Å². The summed E-state index contributed by atoms with van der Waals surface area (Å²) in [5.74, 6) is -0.473. The summed E-state index contributed by atoms with van der Waals surface area (Å²) in [6.07, 6.45) is 0.348. The number of amides is 2. The Labute approximate surface area is 144 Å². The lowest BCUT2D eigenvalue weighted by atomic mass is 9.96. The number of rotatable bonds is 2. The fourth-order valence-electron chi connectivity index (χ4n) is 3.40. The van der Waals surface area contributed by atoms with Crippen LogP contribution in [-0.2, 0) is 17.7 Å². The molecule has 2 aromatic carbocycles. The predicted molar refractivity (Wildman–Crippen MR) is 90.0 cm³/mol. The first-order valence-corrected chi connectivity index (χ1v) is 8.23. The van der Waals surface area contributed by atoms with Gasteiger partial charge in [-0.2, -0.15) is 0 Å². The summed E-state index contributed by atoms with van der Waals surface area (Å²) in [5.41, 5.74) is 3.46. The molecule has 0 bridgehead atoms. The number of hydrogen-bond donors (Lipinski definition) is 0. The van der Waals surface area contributed by atoms with Crippen molar-refractivity contribution in [2.75, 3.05) is 24.6 Å². The molecule has 5 nitrogen and oxygen atoms in total. The zero-order valence-corrected chi connectivity index (χ0v) is 13.6. The third-order valence-electron chi connectivity index (χ3n) is 4.67. The Morgan fingerprint density at radius 2 is 1.88 bits per heavy atom. The van der Waals surface area contributed by atoms with Gasteiger partial charge in [-0.25, -0.2) is 9.18 Å². The van der Waals surface area contributed by atoms with E-state index in [-0.39, 0.29) is 17.8 Å². The summed E-state index contributed by atoms with van der Waals surface area (Å²) in [5, 5.41) is 0. The molecule has 0 spiro atoms. The predicted octanol–water partition coefficient (Wildman–Crippen LogP) is 2.98. The van der Waals surface area contributed by atoms with E-state index in [2.05, 4.69) is 0 Å². The Morgan fingerprint density at radius 1 is 1.08 bits per heavy atom. The molecule has 2 amide bonds. The van der Waals surface area contributed by atoms with Crippen molar-refractivity contribution >= 4 is 17.7 Å². The van der Waals surface area contributed by atoms with Crippen molar-refractivity contribution < 1.29 is 18.7 Å². The van der Waals surface area contributed by atoms with Crippen LogP contribution in [0.1, 0.15) is 21.5 Å². The smallest absolute Gasteiger partial charge is 0.414 e. The van der Waals surface area contributed by atoms with E-state index in [0.717, 1.165) is 16.8 Å². The van der Waals surface area contributed by atoms with Crippen LogP contribution >= 0.6 is 0 Å². The molecule has 0 radical (unpaired) electrons.